The van der Waals surface area contributed by atoms with E-state index in [-0.39, 0.29) is 6.10 Å². The first-order valence-electron chi connectivity index (χ1n) is 12.8. The summed E-state index contributed by atoms with van der Waals surface area (Å²) in [5.74, 6) is 1.66. The Hall–Kier alpha value is -3.30. The van der Waals surface area contributed by atoms with E-state index in [0.29, 0.717) is 6.42 Å². The fraction of sp³-hybridized carbons (Fsp3) is 0.429. The summed E-state index contributed by atoms with van der Waals surface area (Å²) in [6.07, 6.45) is 7.76. The standard InChI is InChI=1S/C28H33N5O3S/c1-5-32-12-10-22(11-13-32)35-21-8-6-19(7-9-21)14-25-29-16-24-26(31-25)23(18-37-24)20-15-30-33(17-20)27(34)36-28(2,3)4/h6-9,15-18,22H,5,10-14H2,1-4H3. The lowest BCUT2D eigenvalue weighted by Crippen LogP contribution is -2.37. The second kappa shape index (κ2) is 10.6. The van der Waals surface area contributed by atoms with Gasteiger partial charge in [-0.05, 0) is 57.9 Å². The predicted molar refractivity (Wildman–Crippen MR) is 145 cm³/mol. The maximum Gasteiger partial charge on any atom is 0.435 e. The van der Waals surface area contributed by atoms with Crippen LogP contribution in [0.5, 0.6) is 5.75 Å². The average Bonchev–Trinajstić information content (AvgIpc) is 3.52. The number of fused-ring (bicyclic) bond motifs is 1. The number of piperidine rings is 1. The number of rotatable bonds is 6. The molecule has 0 bridgehead atoms. The number of carbonyl (C=O) groups excluding carboxylic acids is 1. The lowest BCUT2D eigenvalue weighted by atomic mass is 10.1. The van der Waals surface area contributed by atoms with Gasteiger partial charge in [-0.1, -0.05) is 19.1 Å². The Morgan fingerprint density at radius 2 is 1.89 bits per heavy atom. The molecule has 0 unspecified atom stereocenters. The smallest absolute Gasteiger partial charge is 0.435 e. The number of ether oxygens (including phenoxy) is 2. The molecule has 0 amide bonds. The molecule has 1 aliphatic heterocycles. The summed E-state index contributed by atoms with van der Waals surface area (Å²) < 4.78 is 13.8. The van der Waals surface area contributed by atoms with Crippen LogP contribution in [0.3, 0.4) is 0 Å². The van der Waals surface area contributed by atoms with Gasteiger partial charge in [-0.25, -0.2) is 14.8 Å². The van der Waals surface area contributed by atoms with Crippen molar-refractivity contribution in [1.82, 2.24) is 24.6 Å². The quantitative estimate of drug-likeness (QED) is 0.319. The van der Waals surface area contributed by atoms with Gasteiger partial charge in [-0.15, -0.1) is 11.3 Å². The van der Waals surface area contributed by atoms with Crippen molar-refractivity contribution in [3.63, 3.8) is 0 Å². The first kappa shape index (κ1) is 25.4. The molecule has 4 aromatic rings. The summed E-state index contributed by atoms with van der Waals surface area (Å²) in [6.45, 7) is 11.0. The molecule has 1 fully saturated rings. The van der Waals surface area contributed by atoms with Crippen LogP contribution in [0.15, 0.2) is 48.2 Å². The first-order chi connectivity index (χ1) is 17.8. The van der Waals surface area contributed by atoms with Gasteiger partial charge < -0.3 is 14.4 Å². The van der Waals surface area contributed by atoms with Crippen LogP contribution in [0.1, 0.15) is 51.9 Å². The molecule has 1 aliphatic rings. The molecule has 4 heterocycles. The zero-order valence-corrected chi connectivity index (χ0v) is 22.6. The SMILES string of the molecule is CCN1CCC(Oc2ccc(Cc3ncc4scc(-c5cnn(C(=O)OC(C)(C)C)c5)c4n3)cc2)CC1. The summed E-state index contributed by atoms with van der Waals surface area (Å²) in [5, 5.41) is 6.22. The monoisotopic (exact) mass is 519 g/mol. The van der Waals surface area contributed by atoms with Crippen LogP contribution in [-0.4, -0.2) is 62.1 Å². The van der Waals surface area contributed by atoms with Gasteiger partial charge in [0, 0.05) is 48.4 Å². The molecule has 194 valence electrons. The van der Waals surface area contributed by atoms with Crippen molar-refractivity contribution < 1.29 is 14.3 Å². The van der Waals surface area contributed by atoms with E-state index in [1.807, 2.05) is 44.5 Å². The van der Waals surface area contributed by atoms with Gasteiger partial charge in [-0.2, -0.15) is 9.78 Å². The van der Waals surface area contributed by atoms with Gasteiger partial charge in [0.15, 0.2) is 0 Å². The summed E-state index contributed by atoms with van der Waals surface area (Å²) in [5.41, 5.74) is 3.14. The van der Waals surface area contributed by atoms with Crippen LogP contribution in [0.25, 0.3) is 21.3 Å². The van der Waals surface area contributed by atoms with Crippen LogP contribution in [0.4, 0.5) is 4.79 Å². The zero-order valence-electron chi connectivity index (χ0n) is 21.8. The molecule has 37 heavy (non-hydrogen) atoms. The van der Waals surface area contributed by atoms with E-state index >= 15 is 0 Å². The van der Waals surface area contributed by atoms with Crippen LogP contribution in [0.2, 0.25) is 0 Å². The largest absolute Gasteiger partial charge is 0.490 e. The topological polar surface area (TPSA) is 82.4 Å². The van der Waals surface area contributed by atoms with Gasteiger partial charge in [0.05, 0.1) is 16.4 Å². The Balaban J connectivity index is 1.27. The highest BCUT2D eigenvalue weighted by molar-refractivity contribution is 7.17. The van der Waals surface area contributed by atoms with Crippen molar-refractivity contribution in [2.75, 3.05) is 19.6 Å². The molecule has 0 aliphatic carbocycles. The fourth-order valence-electron chi connectivity index (χ4n) is 4.43. The lowest BCUT2D eigenvalue weighted by Gasteiger charge is -2.31. The van der Waals surface area contributed by atoms with Crippen LogP contribution in [0, 0.1) is 0 Å². The minimum absolute atomic E-state index is 0.288. The van der Waals surface area contributed by atoms with Crippen LogP contribution in [-0.2, 0) is 11.2 Å². The summed E-state index contributed by atoms with van der Waals surface area (Å²) in [6, 6.07) is 8.26. The summed E-state index contributed by atoms with van der Waals surface area (Å²) in [7, 11) is 0. The zero-order chi connectivity index (χ0) is 26.0. The van der Waals surface area contributed by atoms with E-state index in [9.17, 15) is 4.79 Å². The third-order valence-electron chi connectivity index (χ3n) is 6.41. The third-order valence-corrected chi connectivity index (χ3v) is 7.31. The van der Waals surface area contributed by atoms with Crippen molar-refractivity contribution in [3.8, 4) is 16.9 Å². The van der Waals surface area contributed by atoms with Gasteiger partial charge in [0.1, 0.15) is 23.3 Å². The number of thiophene rings is 1. The molecule has 0 N–H and O–H groups in total. The van der Waals surface area contributed by atoms with Crippen molar-refractivity contribution in [1.29, 1.82) is 0 Å². The van der Waals surface area contributed by atoms with Crippen LogP contribution < -0.4 is 4.74 Å². The summed E-state index contributed by atoms with van der Waals surface area (Å²) in [4.78, 5) is 24.3. The second-order valence-electron chi connectivity index (χ2n) is 10.4. The molecular weight excluding hydrogens is 486 g/mol. The van der Waals surface area contributed by atoms with Crippen molar-refractivity contribution in [3.05, 3.63) is 59.6 Å². The molecule has 0 saturated carbocycles. The Kier molecular flexibility index (Phi) is 7.26. The molecule has 9 heteroatoms. The van der Waals surface area contributed by atoms with E-state index in [4.69, 9.17) is 14.5 Å². The Morgan fingerprint density at radius 1 is 1.14 bits per heavy atom. The molecule has 0 spiro atoms. The lowest BCUT2D eigenvalue weighted by molar-refractivity contribution is 0.0514. The second-order valence-corrected chi connectivity index (χ2v) is 11.3. The number of hydrogen-bond donors (Lipinski definition) is 0. The van der Waals surface area contributed by atoms with E-state index < -0.39 is 11.7 Å². The van der Waals surface area contributed by atoms with Crippen molar-refractivity contribution in [2.45, 2.75) is 58.7 Å². The number of carbonyl (C=O) groups is 1. The van der Waals surface area contributed by atoms with Crippen molar-refractivity contribution in [2.24, 2.45) is 0 Å². The van der Waals surface area contributed by atoms with E-state index in [1.54, 1.807) is 23.7 Å². The highest BCUT2D eigenvalue weighted by Crippen LogP contribution is 2.32. The number of aromatic nitrogens is 4. The van der Waals surface area contributed by atoms with Gasteiger partial charge in [0.2, 0.25) is 0 Å². The minimum Gasteiger partial charge on any atom is -0.490 e. The minimum atomic E-state index is -0.586. The number of nitrogens with zero attached hydrogens (tertiary/aromatic N) is 5. The Labute approximate surface area is 221 Å². The predicted octanol–water partition coefficient (Wildman–Crippen LogP) is 5.79. The Bertz CT molecular complexity index is 1360. The maximum absolute atomic E-state index is 12.4. The maximum atomic E-state index is 12.4. The number of likely N-dealkylation sites (tertiary alicyclic amines) is 1. The molecule has 1 aromatic carbocycles. The highest BCUT2D eigenvalue weighted by Gasteiger charge is 2.21. The molecule has 5 rings (SSSR count). The molecule has 1 saturated heterocycles. The van der Waals surface area contributed by atoms with Crippen molar-refractivity contribution >= 4 is 27.6 Å². The Morgan fingerprint density at radius 3 is 2.59 bits per heavy atom. The molecule has 8 nitrogen and oxygen atoms in total. The van der Waals surface area contributed by atoms with Crippen LogP contribution >= 0.6 is 11.3 Å². The number of benzene rings is 1. The highest BCUT2D eigenvalue weighted by atomic mass is 32.1. The average molecular weight is 520 g/mol. The summed E-state index contributed by atoms with van der Waals surface area (Å²) >= 11 is 1.57. The van der Waals surface area contributed by atoms with Gasteiger partial charge in [0.25, 0.3) is 0 Å². The van der Waals surface area contributed by atoms with E-state index in [2.05, 4.69) is 34.0 Å². The van der Waals surface area contributed by atoms with E-state index in [0.717, 1.165) is 71.0 Å². The number of hydrogen-bond acceptors (Lipinski definition) is 8. The molecule has 0 atom stereocenters. The molecule has 3 aromatic heterocycles. The van der Waals surface area contributed by atoms with Gasteiger partial charge >= 0.3 is 6.09 Å². The van der Waals surface area contributed by atoms with Gasteiger partial charge in [-0.3, -0.25) is 0 Å². The molecular formula is C28H33N5O3S. The first-order valence-corrected chi connectivity index (χ1v) is 13.6. The van der Waals surface area contributed by atoms with E-state index in [1.165, 1.54) is 4.68 Å². The normalized spacial score (nSPS) is 15.2. The molecule has 0 radical (unpaired) electrons. The fourth-order valence-corrected chi connectivity index (χ4v) is 5.30. The third kappa shape index (κ3) is 6.17.